The summed E-state index contributed by atoms with van der Waals surface area (Å²) < 4.78 is 0. The van der Waals surface area contributed by atoms with Crippen molar-refractivity contribution < 1.29 is 9.72 Å². The fourth-order valence-corrected chi connectivity index (χ4v) is 2.24. The third-order valence-electron chi connectivity index (χ3n) is 3.41. The normalized spacial score (nSPS) is 10.1. The Balaban J connectivity index is 1.74. The van der Waals surface area contributed by atoms with Crippen LogP contribution in [0.1, 0.15) is 10.4 Å². The standard InChI is InChI=1S/C18H14N4O3/c23-18(13-3-1-6-17(11-13)22(24)25)21-16-5-2-4-15(12-16)20-14-7-9-19-10-8-14/h1-12H,(H,19,20)(H,21,23). The highest BCUT2D eigenvalue weighted by molar-refractivity contribution is 6.04. The van der Waals surface area contributed by atoms with Gasteiger partial charge in [0.05, 0.1) is 4.92 Å². The molecule has 1 heterocycles. The van der Waals surface area contributed by atoms with Gasteiger partial charge in [0.15, 0.2) is 0 Å². The van der Waals surface area contributed by atoms with Gasteiger partial charge in [0, 0.05) is 47.2 Å². The number of carbonyl (C=O) groups is 1. The minimum Gasteiger partial charge on any atom is -0.355 e. The Morgan fingerprint density at radius 3 is 2.40 bits per heavy atom. The molecule has 124 valence electrons. The summed E-state index contributed by atoms with van der Waals surface area (Å²) in [7, 11) is 0. The highest BCUT2D eigenvalue weighted by Gasteiger charge is 2.11. The van der Waals surface area contributed by atoms with Crippen LogP contribution in [0.2, 0.25) is 0 Å². The van der Waals surface area contributed by atoms with E-state index in [0.717, 1.165) is 11.4 Å². The highest BCUT2D eigenvalue weighted by Crippen LogP contribution is 2.21. The number of carbonyl (C=O) groups excluding carboxylic acids is 1. The summed E-state index contributed by atoms with van der Waals surface area (Å²) in [6.45, 7) is 0. The van der Waals surface area contributed by atoms with Crippen LogP contribution in [-0.4, -0.2) is 15.8 Å². The van der Waals surface area contributed by atoms with Gasteiger partial charge >= 0.3 is 0 Å². The number of benzene rings is 2. The molecule has 7 nitrogen and oxygen atoms in total. The van der Waals surface area contributed by atoms with Gasteiger partial charge in [0.2, 0.25) is 0 Å². The topological polar surface area (TPSA) is 97.2 Å². The van der Waals surface area contributed by atoms with Crippen LogP contribution in [0.5, 0.6) is 0 Å². The lowest BCUT2D eigenvalue weighted by Gasteiger charge is -2.09. The molecule has 0 aliphatic heterocycles. The van der Waals surface area contributed by atoms with E-state index in [1.54, 1.807) is 30.6 Å². The predicted octanol–water partition coefficient (Wildman–Crippen LogP) is 3.99. The number of non-ortho nitro benzene ring substituents is 1. The number of hydrogen-bond donors (Lipinski definition) is 2. The summed E-state index contributed by atoms with van der Waals surface area (Å²) in [5.41, 5.74) is 2.35. The first-order valence-electron chi connectivity index (χ1n) is 7.45. The molecular weight excluding hydrogens is 320 g/mol. The van der Waals surface area contributed by atoms with Crippen molar-refractivity contribution in [3.05, 3.63) is 88.7 Å². The summed E-state index contributed by atoms with van der Waals surface area (Å²) in [5.74, 6) is -0.412. The smallest absolute Gasteiger partial charge is 0.270 e. The third kappa shape index (κ3) is 4.17. The van der Waals surface area contributed by atoms with E-state index in [1.165, 1.54) is 24.3 Å². The van der Waals surface area contributed by atoms with Crippen LogP contribution in [0, 0.1) is 10.1 Å². The molecule has 2 N–H and O–H groups in total. The fraction of sp³-hybridized carbons (Fsp3) is 0. The maximum Gasteiger partial charge on any atom is 0.270 e. The SMILES string of the molecule is O=C(Nc1cccc(Nc2ccncc2)c1)c1cccc([N+](=O)[O-])c1. The van der Waals surface area contributed by atoms with E-state index < -0.39 is 10.8 Å². The second kappa shape index (κ2) is 7.22. The van der Waals surface area contributed by atoms with Crippen molar-refractivity contribution in [1.82, 2.24) is 4.98 Å². The van der Waals surface area contributed by atoms with Crippen molar-refractivity contribution in [2.24, 2.45) is 0 Å². The molecule has 25 heavy (non-hydrogen) atoms. The molecule has 0 aliphatic rings. The average Bonchev–Trinajstić information content (AvgIpc) is 2.63. The third-order valence-corrected chi connectivity index (χ3v) is 3.41. The van der Waals surface area contributed by atoms with Gasteiger partial charge in [-0.25, -0.2) is 0 Å². The van der Waals surface area contributed by atoms with Crippen molar-refractivity contribution in [2.75, 3.05) is 10.6 Å². The van der Waals surface area contributed by atoms with Crippen molar-refractivity contribution in [2.45, 2.75) is 0 Å². The maximum atomic E-state index is 12.3. The molecule has 0 bridgehead atoms. The number of aromatic nitrogens is 1. The minimum absolute atomic E-state index is 0.124. The lowest BCUT2D eigenvalue weighted by atomic mass is 10.2. The van der Waals surface area contributed by atoms with E-state index in [4.69, 9.17) is 0 Å². The first-order chi connectivity index (χ1) is 12.1. The number of rotatable bonds is 5. The Bertz CT molecular complexity index is 913. The number of hydrogen-bond acceptors (Lipinski definition) is 5. The molecule has 1 amide bonds. The van der Waals surface area contributed by atoms with Crippen LogP contribution < -0.4 is 10.6 Å². The first kappa shape index (κ1) is 16.1. The monoisotopic (exact) mass is 334 g/mol. The van der Waals surface area contributed by atoms with Gasteiger partial charge in [-0.1, -0.05) is 12.1 Å². The average molecular weight is 334 g/mol. The van der Waals surface area contributed by atoms with Gasteiger partial charge in [0.25, 0.3) is 11.6 Å². The van der Waals surface area contributed by atoms with Crippen molar-refractivity contribution >= 4 is 28.7 Å². The lowest BCUT2D eigenvalue weighted by Crippen LogP contribution is -2.12. The molecule has 2 aromatic carbocycles. The second-order valence-electron chi connectivity index (χ2n) is 5.20. The van der Waals surface area contributed by atoms with Crippen LogP contribution in [0.3, 0.4) is 0 Å². The summed E-state index contributed by atoms with van der Waals surface area (Å²) in [5, 5.41) is 16.8. The molecule has 3 rings (SSSR count). The zero-order valence-corrected chi connectivity index (χ0v) is 13.0. The maximum absolute atomic E-state index is 12.3. The van der Waals surface area contributed by atoms with Crippen LogP contribution >= 0.6 is 0 Å². The number of nitro groups is 1. The Morgan fingerprint density at radius 2 is 1.64 bits per heavy atom. The van der Waals surface area contributed by atoms with Crippen molar-refractivity contribution in [1.29, 1.82) is 0 Å². The Labute approximate surface area is 143 Å². The van der Waals surface area contributed by atoms with Gasteiger partial charge in [-0.15, -0.1) is 0 Å². The Morgan fingerprint density at radius 1 is 0.920 bits per heavy atom. The predicted molar refractivity (Wildman–Crippen MR) is 95.0 cm³/mol. The number of anilines is 3. The van der Waals surface area contributed by atoms with E-state index in [0.29, 0.717) is 5.69 Å². The van der Waals surface area contributed by atoms with Crippen LogP contribution in [-0.2, 0) is 0 Å². The molecule has 0 radical (unpaired) electrons. The number of amides is 1. The van der Waals surface area contributed by atoms with Gasteiger partial charge < -0.3 is 10.6 Å². The van der Waals surface area contributed by atoms with Crippen molar-refractivity contribution in [3.63, 3.8) is 0 Å². The lowest BCUT2D eigenvalue weighted by molar-refractivity contribution is -0.384. The molecule has 0 aliphatic carbocycles. The van der Waals surface area contributed by atoms with Crippen LogP contribution in [0.25, 0.3) is 0 Å². The largest absolute Gasteiger partial charge is 0.355 e. The molecule has 3 aromatic rings. The zero-order valence-electron chi connectivity index (χ0n) is 13.0. The first-order valence-corrected chi connectivity index (χ1v) is 7.45. The summed E-state index contributed by atoms with van der Waals surface area (Å²) >= 11 is 0. The minimum atomic E-state index is -0.532. The Kier molecular flexibility index (Phi) is 4.66. The molecule has 7 heteroatoms. The van der Waals surface area contributed by atoms with Crippen LogP contribution in [0.15, 0.2) is 73.1 Å². The van der Waals surface area contributed by atoms with Gasteiger partial charge in [-0.3, -0.25) is 19.9 Å². The molecule has 0 fully saturated rings. The molecule has 0 saturated carbocycles. The summed E-state index contributed by atoms with van der Waals surface area (Å²) in [6, 6.07) is 16.4. The van der Waals surface area contributed by atoms with Gasteiger partial charge in [0.1, 0.15) is 0 Å². The van der Waals surface area contributed by atoms with E-state index in [1.807, 2.05) is 18.2 Å². The van der Waals surface area contributed by atoms with E-state index in [2.05, 4.69) is 15.6 Å². The number of nitrogens with one attached hydrogen (secondary N) is 2. The molecule has 1 aromatic heterocycles. The summed E-state index contributed by atoms with van der Waals surface area (Å²) in [4.78, 5) is 26.5. The zero-order chi connectivity index (χ0) is 17.6. The quantitative estimate of drug-likeness (QED) is 0.543. The molecule has 0 spiro atoms. The van der Waals surface area contributed by atoms with Gasteiger partial charge in [-0.2, -0.15) is 0 Å². The van der Waals surface area contributed by atoms with E-state index in [9.17, 15) is 14.9 Å². The van der Waals surface area contributed by atoms with Crippen molar-refractivity contribution in [3.8, 4) is 0 Å². The fourth-order valence-electron chi connectivity index (χ4n) is 2.24. The molecule has 0 atom stereocenters. The molecular formula is C18H14N4O3. The second-order valence-corrected chi connectivity index (χ2v) is 5.20. The summed E-state index contributed by atoms with van der Waals surface area (Å²) in [6.07, 6.45) is 3.35. The molecule has 0 unspecified atom stereocenters. The van der Waals surface area contributed by atoms with Crippen LogP contribution in [0.4, 0.5) is 22.7 Å². The highest BCUT2D eigenvalue weighted by atomic mass is 16.6. The Hall–Kier alpha value is -3.74. The molecule has 0 saturated heterocycles. The number of nitrogens with zero attached hydrogens (tertiary/aromatic N) is 2. The number of nitro benzene ring substituents is 1. The number of pyridine rings is 1. The van der Waals surface area contributed by atoms with Gasteiger partial charge in [-0.05, 0) is 36.4 Å². The van der Waals surface area contributed by atoms with E-state index >= 15 is 0 Å². The van der Waals surface area contributed by atoms with E-state index in [-0.39, 0.29) is 11.3 Å².